The summed E-state index contributed by atoms with van der Waals surface area (Å²) in [4.78, 5) is 14.4. The van der Waals surface area contributed by atoms with Crippen molar-refractivity contribution in [1.29, 1.82) is 5.26 Å². The fourth-order valence-electron chi connectivity index (χ4n) is 3.26. The average molecular weight is 337 g/mol. The number of carbonyl (C=O) groups is 1. The van der Waals surface area contributed by atoms with E-state index < -0.39 is 6.10 Å². The van der Waals surface area contributed by atoms with Crippen molar-refractivity contribution >= 4 is 5.91 Å². The Morgan fingerprint density at radius 2 is 2.00 bits per heavy atom. The van der Waals surface area contributed by atoms with Gasteiger partial charge in [-0.3, -0.25) is 4.79 Å². The average Bonchev–Trinajstić information content (AvgIpc) is 3.40. The number of rotatable bonds is 5. The van der Waals surface area contributed by atoms with Crippen molar-refractivity contribution in [2.45, 2.75) is 32.8 Å². The Hall–Kier alpha value is -2.58. The number of aryl methyl sites for hydroxylation is 1. The molecule has 2 aromatic rings. The van der Waals surface area contributed by atoms with Crippen LogP contribution in [-0.2, 0) is 0 Å². The summed E-state index contributed by atoms with van der Waals surface area (Å²) in [5.74, 6) is 0.272. The van der Waals surface area contributed by atoms with Crippen LogP contribution in [0.3, 0.4) is 0 Å². The molecule has 1 N–H and O–H groups in total. The van der Waals surface area contributed by atoms with Gasteiger partial charge in [-0.2, -0.15) is 5.26 Å². The van der Waals surface area contributed by atoms with Gasteiger partial charge in [-0.05, 0) is 62.9 Å². The predicted octanol–water partition coefficient (Wildman–Crippen LogP) is 2.81. The zero-order valence-electron chi connectivity index (χ0n) is 14.9. The lowest BCUT2D eigenvalue weighted by molar-refractivity contribution is 0.0644. The number of nitrogens with zero attached hydrogens (tertiary/aromatic N) is 3. The highest BCUT2D eigenvalue weighted by Crippen LogP contribution is 2.33. The number of aromatic nitrogens is 1. The molecule has 0 aliphatic heterocycles. The van der Waals surface area contributed by atoms with E-state index in [9.17, 15) is 9.90 Å². The highest BCUT2D eigenvalue weighted by Gasteiger charge is 2.31. The summed E-state index contributed by atoms with van der Waals surface area (Å²) in [5.41, 5.74) is 4.00. The standard InChI is InChI=1S/C20H23N3O2/c1-13-10-18(20(25)22(3)12-19(24)16-6-7-16)14(2)23(13)17-8-4-15(11-21)5-9-17/h4-5,8-10,16,19,24H,6-7,12H2,1-3H3. The third-order valence-corrected chi connectivity index (χ3v) is 4.89. The predicted molar refractivity (Wildman–Crippen MR) is 95.6 cm³/mol. The third-order valence-electron chi connectivity index (χ3n) is 4.89. The molecule has 0 bridgehead atoms. The molecule has 1 heterocycles. The lowest BCUT2D eigenvalue weighted by Gasteiger charge is -2.21. The molecule has 5 heteroatoms. The summed E-state index contributed by atoms with van der Waals surface area (Å²) in [6.07, 6.45) is 1.67. The van der Waals surface area contributed by atoms with Gasteiger partial charge < -0.3 is 14.6 Å². The highest BCUT2D eigenvalue weighted by molar-refractivity contribution is 5.95. The fraction of sp³-hybridized carbons (Fsp3) is 0.400. The Morgan fingerprint density at radius 1 is 1.36 bits per heavy atom. The molecule has 0 saturated heterocycles. The van der Waals surface area contributed by atoms with E-state index in [1.165, 1.54) is 0 Å². The van der Waals surface area contributed by atoms with E-state index in [1.807, 2.05) is 36.6 Å². The lowest BCUT2D eigenvalue weighted by atomic mass is 10.2. The molecule has 1 saturated carbocycles. The van der Waals surface area contributed by atoms with Crippen molar-refractivity contribution in [3.8, 4) is 11.8 Å². The molecule has 1 aliphatic rings. The van der Waals surface area contributed by atoms with Crippen LogP contribution in [0.4, 0.5) is 0 Å². The van der Waals surface area contributed by atoms with Crippen molar-refractivity contribution in [1.82, 2.24) is 9.47 Å². The number of amides is 1. The second-order valence-corrected chi connectivity index (χ2v) is 6.87. The van der Waals surface area contributed by atoms with E-state index in [-0.39, 0.29) is 5.91 Å². The molecule has 130 valence electrons. The normalized spacial score (nSPS) is 14.8. The second-order valence-electron chi connectivity index (χ2n) is 6.87. The molecule has 3 rings (SSSR count). The van der Waals surface area contributed by atoms with Gasteiger partial charge in [0.05, 0.1) is 23.3 Å². The fourth-order valence-corrected chi connectivity index (χ4v) is 3.26. The summed E-state index contributed by atoms with van der Waals surface area (Å²) < 4.78 is 2.01. The van der Waals surface area contributed by atoms with Crippen LogP contribution in [0.1, 0.15) is 40.2 Å². The van der Waals surface area contributed by atoms with Crippen LogP contribution in [-0.4, -0.2) is 40.2 Å². The summed E-state index contributed by atoms with van der Waals surface area (Å²) in [7, 11) is 1.74. The van der Waals surface area contributed by atoms with E-state index in [1.54, 1.807) is 24.1 Å². The van der Waals surface area contributed by atoms with Gasteiger partial charge in [0.15, 0.2) is 0 Å². The second kappa shape index (κ2) is 6.73. The minimum atomic E-state index is -0.434. The quantitative estimate of drug-likeness (QED) is 0.912. The van der Waals surface area contributed by atoms with Crippen LogP contribution < -0.4 is 0 Å². The maximum atomic E-state index is 12.8. The molecule has 1 aliphatic carbocycles. The monoisotopic (exact) mass is 337 g/mol. The van der Waals surface area contributed by atoms with Crippen molar-refractivity contribution in [3.05, 3.63) is 52.8 Å². The van der Waals surface area contributed by atoms with Gasteiger partial charge in [-0.1, -0.05) is 0 Å². The molecule has 0 radical (unpaired) electrons. The highest BCUT2D eigenvalue weighted by atomic mass is 16.3. The topological polar surface area (TPSA) is 69.3 Å². The first-order chi connectivity index (χ1) is 11.9. The van der Waals surface area contributed by atoms with E-state index >= 15 is 0 Å². The zero-order chi connectivity index (χ0) is 18.1. The number of hydrogen-bond donors (Lipinski definition) is 1. The molecule has 1 amide bonds. The molecule has 1 aromatic heterocycles. The van der Waals surface area contributed by atoms with Crippen LogP contribution >= 0.6 is 0 Å². The van der Waals surface area contributed by atoms with Crippen molar-refractivity contribution < 1.29 is 9.90 Å². The number of benzene rings is 1. The first-order valence-corrected chi connectivity index (χ1v) is 8.55. The van der Waals surface area contributed by atoms with Gasteiger partial charge in [0, 0.05) is 30.7 Å². The number of likely N-dealkylation sites (N-methyl/N-ethyl adjacent to an activating group) is 1. The van der Waals surface area contributed by atoms with E-state index in [0.717, 1.165) is 29.9 Å². The largest absolute Gasteiger partial charge is 0.391 e. The summed E-state index contributed by atoms with van der Waals surface area (Å²) in [5, 5.41) is 19.0. The number of hydrogen-bond acceptors (Lipinski definition) is 3. The van der Waals surface area contributed by atoms with Crippen LogP contribution in [0.2, 0.25) is 0 Å². The zero-order valence-corrected chi connectivity index (χ0v) is 14.9. The Bertz CT molecular complexity index is 826. The Kier molecular flexibility index (Phi) is 4.65. The maximum Gasteiger partial charge on any atom is 0.255 e. The molecule has 25 heavy (non-hydrogen) atoms. The Morgan fingerprint density at radius 3 is 2.56 bits per heavy atom. The maximum absolute atomic E-state index is 12.8. The first kappa shape index (κ1) is 17.2. The van der Waals surface area contributed by atoms with Crippen molar-refractivity contribution in [2.75, 3.05) is 13.6 Å². The van der Waals surface area contributed by atoms with Gasteiger partial charge in [-0.15, -0.1) is 0 Å². The SMILES string of the molecule is Cc1cc(C(=O)N(C)CC(O)C2CC2)c(C)n1-c1ccc(C#N)cc1. The van der Waals surface area contributed by atoms with Crippen LogP contribution in [0, 0.1) is 31.1 Å². The molecular weight excluding hydrogens is 314 g/mol. The van der Waals surface area contributed by atoms with Crippen LogP contribution in [0.5, 0.6) is 0 Å². The van der Waals surface area contributed by atoms with Gasteiger partial charge >= 0.3 is 0 Å². The molecule has 5 nitrogen and oxygen atoms in total. The smallest absolute Gasteiger partial charge is 0.255 e. The number of carbonyl (C=O) groups excluding carboxylic acids is 1. The first-order valence-electron chi connectivity index (χ1n) is 8.55. The minimum Gasteiger partial charge on any atom is -0.391 e. The third kappa shape index (κ3) is 3.45. The van der Waals surface area contributed by atoms with Gasteiger partial charge in [0.2, 0.25) is 0 Å². The summed E-state index contributed by atoms with van der Waals surface area (Å²) >= 11 is 0. The van der Waals surface area contributed by atoms with E-state index in [0.29, 0.717) is 23.6 Å². The van der Waals surface area contributed by atoms with E-state index in [2.05, 4.69) is 6.07 Å². The van der Waals surface area contributed by atoms with Gasteiger partial charge in [0.1, 0.15) is 0 Å². The Labute approximate surface area is 148 Å². The number of aliphatic hydroxyl groups excluding tert-OH is 1. The van der Waals surface area contributed by atoms with Crippen molar-refractivity contribution in [3.63, 3.8) is 0 Å². The van der Waals surface area contributed by atoms with Crippen LogP contribution in [0.15, 0.2) is 30.3 Å². The summed E-state index contributed by atoms with van der Waals surface area (Å²) in [6.45, 7) is 4.24. The summed E-state index contributed by atoms with van der Waals surface area (Å²) in [6, 6.07) is 11.3. The number of aliphatic hydroxyl groups is 1. The minimum absolute atomic E-state index is 0.0762. The van der Waals surface area contributed by atoms with Crippen LogP contribution in [0.25, 0.3) is 5.69 Å². The molecule has 1 unspecified atom stereocenters. The van der Waals surface area contributed by atoms with Gasteiger partial charge in [0.25, 0.3) is 5.91 Å². The van der Waals surface area contributed by atoms with Gasteiger partial charge in [-0.25, -0.2) is 0 Å². The lowest BCUT2D eigenvalue weighted by Crippen LogP contribution is -2.35. The molecule has 0 spiro atoms. The molecular formula is C20H23N3O2. The molecule has 1 fully saturated rings. The molecule has 1 atom stereocenters. The Balaban J connectivity index is 1.85. The molecule has 1 aromatic carbocycles. The van der Waals surface area contributed by atoms with E-state index in [4.69, 9.17) is 5.26 Å². The number of nitriles is 1. The van der Waals surface area contributed by atoms with Crippen molar-refractivity contribution in [2.24, 2.45) is 5.92 Å².